The largest absolute Gasteiger partial charge is 0.508 e. The van der Waals surface area contributed by atoms with Crippen molar-refractivity contribution in [1.82, 2.24) is 9.78 Å². The number of aromatic nitrogens is 2. The fourth-order valence-corrected chi connectivity index (χ4v) is 1.30. The van der Waals surface area contributed by atoms with Crippen LogP contribution < -0.4 is 5.73 Å². The van der Waals surface area contributed by atoms with E-state index in [1.807, 2.05) is 18.3 Å². The van der Waals surface area contributed by atoms with Crippen LogP contribution >= 0.6 is 0 Å². The first-order valence-corrected chi connectivity index (χ1v) is 4.33. The van der Waals surface area contributed by atoms with Gasteiger partial charge in [-0.25, -0.2) is 4.68 Å². The van der Waals surface area contributed by atoms with E-state index >= 15 is 0 Å². The smallest absolute Gasteiger partial charge is 0.120 e. The van der Waals surface area contributed by atoms with Crippen LogP contribution in [0.5, 0.6) is 5.75 Å². The molecular weight excluding hydrogens is 178 g/mol. The minimum atomic E-state index is 0.225. The summed E-state index contributed by atoms with van der Waals surface area (Å²) in [5.41, 5.74) is 7.10. The van der Waals surface area contributed by atoms with Gasteiger partial charge in [-0.05, 0) is 24.3 Å². The Morgan fingerprint density at radius 3 is 2.93 bits per heavy atom. The standard InChI is InChI=1S/C10H11N3O/c11-7-8-6-9(2-3-10(8)14)13-5-1-4-12-13/h1-6,14H,7,11H2. The van der Waals surface area contributed by atoms with Gasteiger partial charge in [-0.15, -0.1) is 0 Å². The molecule has 0 spiro atoms. The highest BCUT2D eigenvalue weighted by molar-refractivity contribution is 5.42. The normalized spacial score (nSPS) is 10.4. The Kier molecular flexibility index (Phi) is 2.20. The third-order valence-corrected chi connectivity index (χ3v) is 2.05. The third-order valence-electron chi connectivity index (χ3n) is 2.05. The summed E-state index contributed by atoms with van der Waals surface area (Å²) in [6.07, 6.45) is 3.54. The van der Waals surface area contributed by atoms with E-state index in [0.29, 0.717) is 6.54 Å². The summed E-state index contributed by atoms with van der Waals surface area (Å²) in [5, 5.41) is 13.5. The molecule has 0 fully saturated rings. The van der Waals surface area contributed by atoms with E-state index in [1.165, 1.54) is 0 Å². The van der Waals surface area contributed by atoms with Crippen LogP contribution in [0.25, 0.3) is 5.69 Å². The molecule has 2 rings (SSSR count). The Bertz CT molecular complexity index is 423. The zero-order valence-electron chi connectivity index (χ0n) is 7.59. The van der Waals surface area contributed by atoms with Gasteiger partial charge in [-0.1, -0.05) is 0 Å². The lowest BCUT2D eigenvalue weighted by Crippen LogP contribution is -2.00. The van der Waals surface area contributed by atoms with E-state index in [-0.39, 0.29) is 5.75 Å². The lowest BCUT2D eigenvalue weighted by Gasteiger charge is -2.05. The number of benzene rings is 1. The molecule has 2 aromatic rings. The molecule has 0 aliphatic heterocycles. The highest BCUT2D eigenvalue weighted by Gasteiger charge is 2.02. The van der Waals surface area contributed by atoms with Crippen molar-refractivity contribution in [1.29, 1.82) is 0 Å². The van der Waals surface area contributed by atoms with Gasteiger partial charge < -0.3 is 10.8 Å². The molecule has 1 heterocycles. The van der Waals surface area contributed by atoms with Gasteiger partial charge in [0.15, 0.2) is 0 Å². The van der Waals surface area contributed by atoms with Crippen LogP contribution in [0.1, 0.15) is 5.56 Å². The fourth-order valence-electron chi connectivity index (χ4n) is 1.30. The summed E-state index contributed by atoms with van der Waals surface area (Å²) in [7, 11) is 0. The molecule has 0 aliphatic rings. The highest BCUT2D eigenvalue weighted by Crippen LogP contribution is 2.19. The van der Waals surface area contributed by atoms with Crippen molar-refractivity contribution in [2.24, 2.45) is 5.73 Å². The average Bonchev–Trinajstić information content (AvgIpc) is 2.71. The van der Waals surface area contributed by atoms with Crippen molar-refractivity contribution in [2.45, 2.75) is 6.54 Å². The predicted molar refractivity (Wildman–Crippen MR) is 53.1 cm³/mol. The Balaban J connectivity index is 2.46. The maximum Gasteiger partial charge on any atom is 0.120 e. The van der Waals surface area contributed by atoms with Crippen LogP contribution in [-0.2, 0) is 6.54 Å². The van der Waals surface area contributed by atoms with Gasteiger partial charge in [0.05, 0.1) is 5.69 Å². The van der Waals surface area contributed by atoms with E-state index in [9.17, 15) is 5.11 Å². The fraction of sp³-hybridized carbons (Fsp3) is 0.100. The minimum absolute atomic E-state index is 0.225. The van der Waals surface area contributed by atoms with Crippen molar-refractivity contribution in [2.75, 3.05) is 0 Å². The van der Waals surface area contributed by atoms with E-state index in [2.05, 4.69) is 5.10 Å². The Labute approximate surface area is 81.6 Å². The van der Waals surface area contributed by atoms with Crippen molar-refractivity contribution in [3.05, 3.63) is 42.2 Å². The maximum absolute atomic E-state index is 9.42. The van der Waals surface area contributed by atoms with Crippen molar-refractivity contribution in [3.8, 4) is 11.4 Å². The Hall–Kier alpha value is -1.81. The molecule has 4 heteroatoms. The second-order valence-electron chi connectivity index (χ2n) is 2.97. The second-order valence-corrected chi connectivity index (χ2v) is 2.97. The first-order valence-electron chi connectivity index (χ1n) is 4.33. The van der Waals surface area contributed by atoms with E-state index in [1.54, 1.807) is 23.0 Å². The summed E-state index contributed by atoms with van der Waals surface area (Å²) in [6, 6.07) is 7.08. The molecule has 3 N–H and O–H groups in total. The van der Waals surface area contributed by atoms with Gasteiger partial charge in [0.2, 0.25) is 0 Å². The van der Waals surface area contributed by atoms with Crippen LogP contribution in [-0.4, -0.2) is 14.9 Å². The highest BCUT2D eigenvalue weighted by atomic mass is 16.3. The molecule has 0 bridgehead atoms. The van der Waals surface area contributed by atoms with E-state index in [0.717, 1.165) is 11.3 Å². The number of aromatic hydroxyl groups is 1. The molecule has 0 saturated carbocycles. The number of hydrogen-bond acceptors (Lipinski definition) is 3. The van der Waals surface area contributed by atoms with Crippen molar-refractivity contribution < 1.29 is 5.11 Å². The second kappa shape index (κ2) is 3.51. The number of nitrogens with two attached hydrogens (primary N) is 1. The quantitative estimate of drug-likeness (QED) is 0.741. The molecule has 0 atom stereocenters. The summed E-state index contributed by atoms with van der Waals surface area (Å²) in [5.74, 6) is 0.225. The first kappa shape index (κ1) is 8.77. The summed E-state index contributed by atoms with van der Waals surface area (Å²) in [6.45, 7) is 0.320. The molecule has 1 aromatic heterocycles. The molecule has 0 unspecified atom stereocenters. The Morgan fingerprint density at radius 2 is 2.29 bits per heavy atom. The van der Waals surface area contributed by atoms with Crippen molar-refractivity contribution in [3.63, 3.8) is 0 Å². The summed E-state index contributed by atoms with van der Waals surface area (Å²) in [4.78, 5) is 0. The number of rotatable bonds is 2. The zero-order chi connectivity index (χ0) is 9.97. The molecule has 1 aromatic carbocycles. The number of phenols is 1. The number of nitrogens with zero attached hydrogens (tertiary/aromatic N) is 2. The van der Waals surface area contributed by atoms with E-state index in [4.69, 9.17) is 5.73 Å². The van der Waals surface area contributed by atoms with Gasteiger partial charge in [-0.3, -0.25) is 0 Å². The van der Waals surface area contributed by atoms with Crippen molar-refractivity contribution >= 4 is 0 Å². The summed E-state index contributed by atoms with van der Waals surface area (Å²) < 4.78 is 1.72. The Morgan fingerprint density at radius 1 is 1.43 bits per heavy atom. The topological polar surface area (TPSA) is 64.1 Å². The molecule has 0 radical (unpaired) electrons. The zero-order valence-corrected chi connectivity index (χ0v) is 7.59. The third kappa shape index (κ3) is 1.47. The monoisotopic (exact) mass is 189 g/mol. The van der Waals surface area contributed by atoms with Gasteiger partial charge in [0.1, 0.15) is 5.75 Å². The minimum Gasteiger partial charge on any atom is -0.508 e. The van der Waals surface area contributed by atoms with Gasteiger partial charge in [0, 0.05) is 24.5 Å². The molecule has 0 aliphatic carbocycles. The number of phenolic OH excluding ortho intramolecular Hbond substituents is 1. The van der Waals surface area contributed by atoms with Crippen LogP contribution in [0.15, 0.2) is 36.7 Å². The SMILES string of the molecule is NCc1cc(-n2cccn2)ccc1O. The first-order chi connectivity index (χ1) is 6.81. The summed E-state index contributed by atoms with van der Waals surface area (Å²) >= 11 is 0. The molecule has 4 nitrogen and oxygen atoms in total. The lowest BCUT2D eigenvalue weighted by atomic mass is 10.2. The number of hydrogen-bond donors (Lipinski definition) is 2. The van der Waals surface area contributed by atoms with E-state index < -0.39 is 0 Å². The van der Waals surface area contributed by atoms with Gasteiger partial charge >= 0.3 is 0 Å². The molecule has 72 valence electrons. The maximum atomic E-state index is 9.42. The van der Waals surface area contributed by atoms with Gasteiger partial charge in [0.25, 0.3) is 0 Å². The van der Waals surface area contributed by atoms with Crippen LogP contribution in [0.3, 0.4) is 0 Å². The molecular formula is C10H11N3O. The average molecular weight is 189 g/mol. The van der Waals surface area contributed by atoms with Gasteiger partial charge in [-0.2, -0.15) is 5.10 Å². The lowest BCUT2D eigenvalue weighted by molar-refractivity contribution is 0.468. The van der Waals surface area contributed by atoms with Crippen LogP contribution in [0.2, 0.25) is 0 Å². The predicted octanol–water partition coefficient (Wildman–Crippen LogP) is 1.04. The molecule has 0 amide bonds. The molecule has 14 heavy (non-hydrogen) atoms. The molecule has 0 saturated heterocycles. The van der Waals surface area contributed by atoms with Crippen LogP contribution in [0, 0.1) is 0 Å². The van der Waals surface area contributed by atoms with Crippen LogP contribution in [0.4, 0.5) is 0 Å².